The Morgan fingerprint density at radius 1 is 0.717 bits per heavy atom. The summed E-state index contributed by atoms with van der Waals surface area (Å²) in [5, 5.41) is 0. The summed E-state index contributed by atoms with van der Waals surface area (Å²) in [6.07, 6.45) is 46.2. The fourth-order valence-corrected chi connectivity index (χ4v) is 12.5. The van der Waals surface area contributed by atoms with Crippen molar-refractivity contribution in [2.24, 2.45) is 52.3 Å². The second-order valence-electron chi connectivity index (χ2n) is 20.0. The molecule has 9 atom stereocenters. The van der Waals surface area contributed by atoms with Gasteiger partial charge in [-0.2, -0.15) is 0 Å². The molecule has 4 aliphatic carbocycles. The lowest BCUT2D eigenvalue weighted by Crippen LogP contribution is -2.51. The fraction of sp³-hybridized carbons (Fsp3) is 0.902. The predicted molar refractivity (Wildman–Crippen MR) is 230 cm³/mol. The Morgan fingerprint density at radius 2 is 1.28 bits per heavy atom. The van der Waals surface area contributed by atoms with E-state index in [1.165, 1.54) is 161 Å². The van der Waals surface area contributed by atoms with Crippen LogP contribution < -0.4 is 0 Å². The number of carbonyl (C=O) groups excluding carboxylic acids is 1. The van der Waals surface area contributed by atoms with Crippen LogP contribution in [0.2, 0.25) is 0 Å². The van der Waals surface area contributed by atoms with Gasteiger partial charge in [-0.15, -0.1) is 0 Å². The molecule has 0 spiro atoms. The number of fused-ring (bicyclic) bond motifs is 5. The minimum atomic E-state index is 0.0621. The van der Waals surface area contributed by atoms with Crippen LogP contribution in [0.25, 0.3) is 0 Å². The Hall–Kier alpha value is -1.05. The van der Waals surface area contributed by atoms with E-state index in [1.807, 2.05) is 0 Å². The Bertz CT molecular complexity index is 1090. The lowest BCUT2D eigenvalue weighted by molar-refractivity contribution is -0.151. The normalized spacial score (nSPS) is 30.9. The van der Waals surface area contributed by atoms with Crippen LogP contribution in [-0.4, -0.2) is 12.1 Å². The van der Waals surface area contributed by atoms with Crippen LogP contribution in [0, 0.1) is 52.3 Å². The van der Waals surface area contributed by atoms with Crippen LogP contribution in [0.4, 0.5) is 0 Å². The third kappa shape index (κ3) is 13.0. The van der Waals surface area contributed by atoms with E-state index in [0.29, 0.717) is 29.1 Å². The quantitative estimate of drug-likeness (QED) is 0.0502. The smallest absolute Gasteiger partial charge is 0.306 e. The molecular weight excluding hydrogens is 645 g/mol. The van der Waals surface area contributed by atoms with Crippen molar-refractivity contribution in [1.82, 2.24) is 0 Å². The molecule has 4 aliphatic rings. The Labute approximate surface area is 331 Å². The van der Waals surface area contributed by atoms with E-state index < -0.39 is 0 Å². The van der Waals surface area contributed by atoms with Gasteiger partial charge in [0.25, 0.3) is 0 Å². The van der Waals surface area contributed by atoms with E-state index in [0.717, 1.165) is 48.9 Å². The maximum atomic E-state index is 12.9. The molecule has 0 aromatic carbocycles. The first kappa shape index (κ1) is 44.7. The largest absolute Gasteiger partial charge is 0.462 e. The lowest BCUT2D eigenvalue weighted by atomic mass is 9.47. The summed E-state index contributed by atoms with van der Waals surface area (Å²) < 4.78 is 6.16. The van der Waals surface area contributed by atoms with Crippen molar-refractivity contribution in [3.8, 4) is 0 Å². The number of ether oxygens (including phenoxy) is 1. The molecule has 0 aromatic heterocycles. The first-order valence-electron chi connectivity index (χ1n) is 24.2. The maximum absolute atomic E-state index is 12.9. The molecule has 0 aromatic rings. The van der Waals surface area contributed by atoms with Gasteiger partial charge >= 0.3 is 5.97 Å². The van der Waals surface area contributed by atoms with Gasteiger partial charge in [-0.25, -0.2) is 0 Å². The van der Waals surface area contributed by atoms with Gasteiger partial charge in [-0.1, -0.05) is 188 Å². The minimum Gasteiger partial charge on any atom is -0.462 e. The number of esters is 1. The molecule has 3 fully saturated rings. The van der Waals surface area contributed by atoms with Crippen molar-refractivity contribution in [3.63, 3.8) is 0 Å². The summed E-state index contributed by atoms with van der Waals surface area (Å²) in [6, 6.07) is 0. The first-order chi connectivity index (χ1) is 25.6. The number of rotatable bonds is 26. The molecule has 0 N–H and O–H groups in total. The Kier molecular flexibility index (Phi) is 19.6. The SMILES string of the molecule is CCCCCCCCCCCCCCCCCCCCCC(=O)O[C@H]1CC[C@@]2(C)C(=CC[C@H]3[C@@H]4CC[C@H]([C@H](C)/C=C/[C@@H](CC)C(C)C)[C@@]4(C)CC[C@@H]32)C1. The fourth-order valence-electron chi connectivity index (χ4n) is 12.5. The van der Waals surface area contributed by atoms with Gasteiger partial charge in [0, 0.05) is 12.8 Å². The highest BCUT2D eigenvalue weighted by atomic mass is 16.5. The summed E-state index contributed by atoms with van der Waals surface area (Å²) in [7, 11) is 0. The van der Waals surface area contributed by atoms with Crippen LogP contribution in [0.15, 0.2) is 23.8 Å². The zero-order chi connectivity index (χ0) is 38.1. The van der Waals surface area contributed by atoms with Gasteiger partial charge in [0.2, 0.25) is 0 Å². The second-order valence-corrected chi connectivity index (χ2v) is 20.0. The summed E-state index contributed by atoms with van der Waals surface area (Å²) in [6.45, 7) is 17.2. The van der Waals surface area contributed by atoms with Crippen molar-refractivity contribution < 1.29 is 9.53 Å². The zero-order valence-electron chi connectivity index (χ0n) is 36.7. The monoisotopic (exact) mass is 735 g/mol. The van der Waals surface area contributed by atoms with Crippen molar-refractivity contribution in [2.75, 3.05) is 0 Å². The third-order valence-corrected chi connectivity index (χ3v) is 16.0. The zero-order valence-corrected chi connectivity index (χ0v) is 36.7. The standard InChI is InChI=1S/C51H90O2/c1-8-10-11-12-13-14-15-16-17-18-19-20-21-22-23-24-25-26-27-28-49(52)53-44-35-37-50(6)43(39-44)31-32-45-47-34-33-46(51(47,7)38-36-48(45)50)41(5)29-30-42(9-2)40(3)4/h29-31,40-42,44-48H,8-28,32-39H2,1-7H3/b30-29+/t41-,42-,44+,45+,46-,47+,48+,50+,51-/m1/s1. The number of allylic oxidation sites excluding steroid dienone is 3. The molecule has 0 heterocycles. The summed E-state index contributed by atoms with van der Waals surface area (Å²) in [4.78, 5) is 12.9. The van der Waals surface area contributed by atoms with E-state index in [9.17, 15) is 4.79 Å². The molecule has 3 saturated carbocycles. The second kappa shape index (κ2) is 23.2. The van der Waals surface area contributed by atoms with Crippen molar-refractivity contribution in [3.05, 3.63) is 23.8 Å². The molecule has 0 saturated heterocycles. The van der Waals surface area contributed by atoms with E-state index in [-0.39, 0.29) is 12.1 Å². The van der Waals surface area contributed by atoms with Gasteiger partial charge in [0.1, 0.15) is 6.10 Å². The summed E-state index contributed by atoms with van der Waals surface area (Å²) in [5.74, 6) is 5.56. The average Bonchev–Trinajstić information content (AvgIpc) is 3.50. The van der Waals surface area contributed by atoms with Crippen LogP contribution in [0.5, 0.6) is 0 Å². The number of carbonyl (C=O) groups is 1. The van der Waals surface area contributed by atoms with Gasteiger partial charge in [-0.05, 0) is 110 Å². The molecule has 2 heteroatoms. The highest BCUT2D eigenvalue weighted by Crippen LogP contribution is 2.67. The molecule has 0 aliphatic heterocycles. The topological polar surface area (TPSA) is 26.3 Å². The van der Waals surface area contributed by atoms with Gasteiger partial charge in [0.15, 0.2) is 0 Å². The third-order valence-electron chi connectivity index (χ3n) is 16.0. The first-order valence-corrected chi connectivity index (χ1v) is 24.2. The van der Waals surface area contributed by atoms with Gasteiger partial charge in [-0.3, -0.25) is 4.79 Å². The van der Waals surface area contributed by atoms with Crippen molar-refractivity contribution in [2.45, 2.75) is 241 Å². The molecule has 306 valence electrons. The Morgan fingerprint density at radius 3 is 1.83 bits per heavy atom. The van der Waals surface area contributed by atoms with Gasteiger partial charge < -0.3 is 4.74 Å². The molecule has 0 unspecified atom stereocenters. The molecule has 4 rings (SSSR count). The molecule has 53 heavy (non-hydrogen) atoms. The van der Waals surface area contributed by atoms with Crippen LogP contribution >= 0.6 is 0 Å². The highest BCUT2D eigenvalue weighted by Gasteiger charge is 2.59. The Balaban J connectivity index is 1.06. The highest BCUT2D eigenvalue weighted by molar-refractivity contribution is 5.69. The molecule has 0 bridgehead atoms. The number of unbranched alkanes of at least 4 members (excludes halogenated alkanes) is 18. The lowest BCUT2D eigenvalue weighted by Gasteiger charge is -2.58. The van der Waals surface area contributed by atoms with E-state index >= 15 is 0 Å². The maximum Gasteiger partial charge on any atom is 0.306 e. The van der Waals surface area contributed by atoms with Crippen LogP contribution in [0.1, 0.15) is 235 Å². The number of hydrogen-bond donors (Lipinski definition) is 0. The van der Waals surface area contributed by atoms with E-state index in [2.05, 4.69) is 66.7 Å². The van der Waals surface area contributed by atoms with Gasteiger partial charge in [0.05, 0.1) is 0 Å². The molecule has 0 amide bonds. The van der Waals surface area contributed by atoms with Crippen LogP contribution in [-0.2, 0) is 9.53 Å². The van der Waals surface area contributed by atoms with E-state index in [1.54, 1.807) is 5.57 Å². The minimum absolute atomic E-state index is 0.0621. The molecule has 2 nitrogen and oxygen atoms in total. The average molecular weight is 735 g/mol. The van der Waals surface area contributed by atoms with E-state index in [4.69, 9.17) is 4.74 Å². The molecule has 0 radical (unpaired) electrons. The summed E-state index contributed by atoms with van der Waals surface area (Å²) >= 11 is 0. The van der Waals surface area contributed by atoms with Crippen molar-refractivity contribution >= 4 is 5.97 Å². The number of hydrogen-bond acceptors (Lipinski definition) is 2. The predicted octanol–water partition coefficient (Wildman–Crippen LogP) is 16.2. The molecular formula is C51H90O2. The van der Waals surface area contributed by atoms with Crippen molar-refractivity contribution in [1.29, 1.82) is 0 Å². The summed E-state index contributed by atoms with van der Waals surface area (Å²) in [5.41, 5.74) is 2.44. The van der Waals surface area contributed by atoms with Crippen LogP contribution in [0.3, 0.4) is 0 Å².